The molecule has 0 spiro atoms. The van der Waals surface area contributed by atoms with Crippen molar-refractivity contribution in [1.29, 1.82) is 0 Å². The maximum absolute atomic E-state index is 13.6. The molecule has 8 heteroatoms. The standard InChI is InChI=1S/C30H25NO7/c1-14-12-22(33)26-20(28(14)36)13-19-17(27(26)25-16-5-3-2-4-15(16)6-9-21(25)32)7-8-18-24(19)30(38)31(29(18)37)11-10-23(34)35/h2-7,9,12,18-19,24,27,32H,8,10-11,13H2,1H3,(H,34,35). The van der Waals surface area contributed by atoms with Crippen LogP contribution in [0.1, 0.15) is 37.7 Å². The molecule has 1 saturated heterocycles. The Morgan fingerprint density at radius 1 is 1.03 bits per heavy atom. The minimum Gasteiger partial charge on any atom is -0.508 e. The highest BCUT2D eigenvalue weighted by Crippen LogP contribution is 2.56. The molecule has 0 radical (unpaired) electrons. The van der Waals surface area contributed by atoms with Gasteiger partial charge in [-0.2, -0.15) is 0 Å². The molecule has 192 valence electrons. The number of rotatable bonds is 4. The predicted octanol–water partition coefficient (Wildman–Crippen LogP) is 3.45. The molecule has 1 aliphatic heterocycles. The number of hydrogen-bond donors (Lipinski definition) is 2. The van der Waals surface area contributed by atoms with Crippen LogP contribution in [0.3, 0.4) is 0 Å². The van der Waals surface area contributed by atoms with E-state index < -0.39 is 41.5 Å². The van der Waals surface area contributed by atoms with Crippen LogP contribution < -0.4 is 0 Å². The van der Waals surface area contributed by atoms with Gasteiger partial charge >= 0.3 is 5.97 Å². The van der Waals surface area contributed by atoms with Crippen molar-refractivity contribution in [2.24, 2.45) is 17.8 Å². The number of Topliss-reactive ketones (excluding diaryl/α,β-unsaturated/α-hetero) is 1. The van der Waals surface area contributed by atoms with Crippen LogP contribution in [-0.2, 0) is 24.0 Å². The Labute approximate surface area is 217 Å². The summed E-state index contributed by atoms with van der Waals surface area (Å²) in [6.07, 6.45) is 3.26. The minimum absolute atomic E-state index is 0.0207. The van der Waals surface area contributed by atoms with E-state index in [-0.39, 0.29) is 43.1 Å². The number of nitrogens with zero attached hydrogens (tertiary/aromatic N) is 1. The number of carbonyl (C=O) groups is 5. The van der Waals surface area contributed by atoms with Crippen LogP contribution in [0, 0.1) is 17.8 Å². The Morgan fingerprint density at radius 2 is 1.79 bits per heavy atom. The minimum atomic E-state index is -1.10. The second-order valence-electron chi connectivity index (χ2n) is 10.4. The fourth-order valence-corrected chi connectivity index (χ4v) is 6.79. The number of fused-ring (bicyclic) bond motifs is 4. The third kappa shape index (κ3) is 3.40. The molecule has 4 unspecified atom stereocenters. The molecular weight excluding hydrogens is 486 g/mol. The lowest BCUT2D eigenvalue weighted by Gasteiger charge is -2.42. The quantitative estimate of drug-likeness (QED) is 0.365. The molecule has 2 aromatic carbocycles. The highest BCUT2D eigenvalue weighted by atomic mass is 16.4. The van der Waals surface area contributed by atoms with E-state index in [9.17, 15) is 29.1 Å². The number of likely N-dealkylation sites (tertiary alicyclic amines) is 1. The molecule has 1 heterocycles. The van der Waals surface area contributed by atoms with E-state index in [1.165, 1.54) is 6.08 Å². The lowest BCUT2D eigenvalue weighted by molar-refractivity contribution is -0.142. The molecule has 4 aliphatic rings. The van der Waals surface area contributed by atoms with Gasteiger partial charge in [0, 0.05) is 34.7 Å². The second kappa shape index (κ2) is 8.62. The van der Waals surface area contributed by atoms with Crippen molar-refractivity contribution in [1.82, 2.24) is 4.90 Å². The van der Waals surface area contributed by atoms with Gasteiger partial charge in [0.1, 0.15) is 5.75 Å². The van der Waals surface area contributed by atoms with Crippen LogP contribution >= 0.6 is 0 Å². The summed E-state index contributed by atoms with van der Waals surface area (Å²) in [5.41, 5.74) is 2.18. The number of allylic oxidation sites excluding steroid dienone is 6. The molecule has 38 heavy (non-hydrogen) atoms. The number of hydrogen-bond acceptors (Lipinski definition) is 6. The zero-order valence-corrected chi connectivity index (χ0v) is 20.6. The number of carboxylic acid groups (broad SMARTS) is 1. The third-order valence-electron chi connectivity index (χ3n) is 8.44. The monoisotopic (exact) mass is 511 g/mol. The summed E-state index contributed by atoms with van der Waals surface area (Å²) in [6, 6.07) is 10.8. The van der Waals surface area contributed by atoms with Crippen LogP contribution in [0.25, 0.3) is 10.8 Å². The fourth-order valence-electron chi connectivity index (χ4n) is 6.79. The summed E-state index contributed by atoms with van der Waals surface area (Å²) in [5, 5.41) is 21.8. The van der Waals surface area contributed by atoms with Gasteiger partial charge < -0.3 is 10.2 Å². The summed E-state index contributed by atoms with van der Waals surface area (Å²) in [5.74, 6) is -5.25. The number of aromatic hydroxyl groups is 1. The van der Waals surface area contributed by atoms with Crippen molar-refractivity contribution in [2.75, 3.05) is 6.54 Å². The molecule has 0 aromatic heterocycles. The Bertz CT molecular complexity index is 1580. The van der Waals surface area contributed by atoms with Crippen molar-refractivity contribution in [3.05, 3.63) is 76.4 Å². The number of amides is 2. The van der Waals surface area contributed by atoms with E-state index in [0.29, 0.717) is 22.3 Å². The molecule has 3 aliphatic carbocycles. The van der Waals surface area contributed by atoms with Crippen molar-refractivity contribution in [3.63, 3.8) is 0 Å². The molecule has 2 amide bonds. The number of phenols is 1. The summed E-state index contributed by atoms with van der Waals surface area (Å²) in [6.45, 7) is 1.38. The zero-order valence-electron chi connectivity index (χ0n) is 20.6. The van der Waals surface area contributed by atoms with Crippen LogP contribution in [0.15, 0.2) is 70.8 Å². The summed E-state index contributed by atoms with van der Waals surface area (Å²) in [4.78, 5) is 65.8. The number of ketones is 2. The maximum atomic E-state index is 13.6. The van der Waals surface area contributed by atoms with E-state index in [1.807, 2.05) is 30.3 Å². The average Bonchev–Trinajstić information content (AvgIpc) is 3.14. The smallest absolute Gasteiger partial charge is 0.305 e. The van der Waals surface area contributed by atoms with E-state index in [0.717, 1.165) is 21.2 Å². The van der Waals surface area contributed by atoms with Crippen molar-refractivity contribution >= 4 is 40.1 Å². The topological polar surface area (TPSA) is 129 Å². The van der Waals surface area contributed by atoms with Gasteiger partial charge in [-0.1, -0.05) is 42.0 Å². The molecule has 4 atom stereocenters. The molecule has 0 bridgehead atoms. The Morgan fingerprint density at radius 3 is 2.55 bits per heavy atom. The van der Waals surface area contributed by atoms with E-state index in [2.05, 4.69) is 0 Å². The number of carbonyl (C=O) groups excluding carboxylic acids is 4. The first kappa shape index (κ1) is 24.0. The van der Waals surface area contributed by atoms with Gasteiger partial charge in [-0.05, 0) is 48.6 Å². The number of aliphatic carboxylic acids is 1. The highest BCUT2D eigenvalue weighted by molar-refractivity contribution is 6.24. The van der Waals surface area contributed by atoms with Gasteiger partial charge in [0.05, 0.1) is 18.3 Å². The predicted molar refractivity (Wildman–Crippen MR) is 136 cm³/mol. The van der Waals surface area contributed by atoms with E-state index in [1.54, 1.807) is 19.1 Å². The molecule has 8 nitrogen and oxygen atoms in total. The first-order chi connectivity index (χ1) is 18.2. The number of carboxylic acids is 1. The highest BCUT2D eigenvalue weighted by Gasteiger charge is 2.56. The number of benzene rings is 2. The summed E-state index contributed by atoms with van der Waals surface area (Å²) in [7, 11) is 0. The van der Waals surface area contributed by atoms with E-state index >= 15 is 0 Å². The number of imide groups is 1. The van der Waals surface area contributed by atoms with Gasteiger partial charge in [0.2, 0.25) is 11.8 Å². The largest absolute Gasteiger partial charge is 0.508 e. The van der Waals surface area contributed by atoms with Gasteiger partial charge in [-0.25, -0.2) is 0 Å². The molecule has 2 N–H and O–H groups in total. The van der Waals surface area contributed by atoms with E-state index in [4.69, 9.17) is 5.11 Å². The van der Waals surface area contributed by atoms with Gasteiger partial charge in [-0.15, -0.1) is 0 Å². The van der Waals surface area contributed by atoms with Crippen molar-refractivity contribution in [2.45, 2.75) is 32.1 Å². The van der Waals surface area contributed by atoms with Gasteiger partial charge in [0.15, 0.2) is 11.6 Å². The third-order valence-corrected chi connectivity index (χ3v) is 8.44. The maximum Gasteiger partial charge on any atom is 0.305 e. The normalized spacial score (nSPS) is 26.7. The van der Waals surface area contributed by atoms with Gasteiger partial charge in [0.25, 0.3) is 0 Å². The van der Waals surface area contributed by atoms with Crippen LogP contribution in [0.2, 0.25) is 0 Å². The Hall–Kier alpha value is -4.33. The zero-order chi connectivity index (χ0) is 26.9. The van der Waals surface area contributed by atoms with Crippen molar-refractivity contribution in [3.8, 4) is 5.75 Å². The van der Waals surface area contributed by atoms with Crippen LogP contribution in [-0.4, -0.2) is 51.0 Å². The SMILES string of the molecule is CC1=CC(=O)C2=C(CC3C(=CCC4C(=O)N(CCC(=O)O)C(=O)C43)C2c2c(O)ccc3ccccc23)C1=O. The first-order valence-electron chi connectivity index (χ1n) is 12.7. The summed E-state index contributed by atoms with van der Waals surface area (Å²) < 4.78 is 0. The lowest BCUT2D eigenvalue weighted by atomic mass is 9.59. The lowest BCUT2D eigenvalue weighted by Crippen LogP contribution is -2.40. The fraction of sp³-hybridized carbons (Fsp3) is 0.300. The first-order valence-corrected chi connectivity index (χ1v) is 12.7. The van der Waals surface area contributed by atoms with Crippen LogP contribution in [0.4, 0.5) is 0 Å². The Balaban J connectivity index is 1.54. The Kier molecular flexibility index (Phi) is 5.45. The summed E-state index contributed by atoms with van der Waals surface area (Å²) >= 11 is 0. The van der Waals surface area contributed by atoms with Crippen LogP contribution in [0.5, 0.6) is 5.75 Å². The average molecular weight is 512 g/mol. The van der Waals surface area contributed by atoms with Crippen molar-refractivity contribution < 1.29 is 34.2 Å². The second-order valence-corrected chi connectivity index (χ2v) is 10.4. The number of phenolic OH excluding ortho intramolecular Hbond substituents is 1. The molecule has 0 saturated carbocycles. The molecule has 6 rings (SSSR count). The molecular formula is C30H25NO7. The molecule has 1 fully saturated rings. The molecule has 2 aromatic rings. The van der Waals surface area contributed by atoms with Gasteiger partial charge in [-0.3, -0.25) is 28.9 Å².